The molecule has 2 unspecified atom stereocenters. The molecule has 2 atom stereocenters. The average Bonchev–Trinajstić information content (AvgIpc) is 3.37. The first-order chi connectivity index (χ1) is 13.3. The monoisotopic (exact) mass is 388 g/mol. The molecule has 1 fully saturated rings. The number of rotatable bonds is 10. The Morgan fingerprint density at radius 2 is 1.57 bits per heavy atom. The van der Waals surface area contributed by atoms with Gasteiger partial charge in [0.05, 0.1) is 26.4 Å². The van der Waals surface area contributed by atoms with E-state index in [1.165, 1.54) is 25.4 Å². The van der Waals surface area contributed by atoms with E-state index < -0.39 is 0 Å². The Labute approximate surface area is 168 Å². The summed E-state index contributed by atoms with van der Waals surface area (Å²) in [6.07, 6.45) is 9.68. The van der Waals surface area contributed by atoms with Crippen molar-refractivity contribution >= 4 is 11.6 Å². The number of epoxide rings is 1. The van der Waals surface area contributed by atoms with Gasteiger partial charge < -0.3 is 14.2 Å². The largest absolute Gasteiger partial charge is 0.489 e. The minimum absolute atomic E-state index is 0.00771. The zero-order valence-electron chi connectivity index (χ0n) is 17.9. The van der Waals surface area contributed by atoms with Gasteiger partial charge in [0.1, 0.15) is 0 Å². The Hall–Kier alpha value is -2.14. The zero-order chi connectivity index (χ0) is 20.8. The smallest absolute Gasteiger partial charge is 0.228 e. The van der Waals surface area contributed by atoms with Crippen LogP contribution in [0.1, 0.15) is 59.8 Å². The molecule has 154 valence electrons. The van der Waals surface area contributed by atoms with Gasteiger partial charge in [-0.1, -0.05) is 23.3 Å². The molecule has 0 saturated carbocycles. The van der Waals surface area contributed by atoms with Gasteiger partial charge in [-0.3, -0.25) is 9.59 Å². The van der Waals surface area contributed by atoms with Gasteiger partial charge in [0, 0.05) is 11.1 Å². The molecule has 1 aliphatic heterocycles. The van der Waals surface area contributed by atoms with Crippen molar-refractivity contribution in [2.75, 3.05) is 14.2 Å². The van der Waals surface area contributed by atoms with Crippen molar-refractivity contribution in [2.45, 2.75) is 72.0 Å². The van der Waals surface area contributed by atoms with E-state index in [-0.39, 0.29) is 23.1 Å². The minimum atomic E-state index is -0.285. The number of ketones is 2. The van der Waals surface area contributed by atoms with Crippen LogP contribution in [0.4, 0.5) is 0 Å². The Bertz CT molecular complexity index is 751. The third-order valence-corrected chi connectivity index (χ3v) is 5.44. The van der Waals surface area contributed by atoms with Crippen molar-refractivity contribution in [1.29, 1.82) is 0 Å². The van der Waals surface area contributed by atoms with Crippen molar-refractivity contribution in [2.24, 2.45) is 0 Å². The van der Waals surface area contributed by atoms with Crippen molar-refractivity contribution in [3.8, 4) is 0 Å². The lowest BCUT2D eigenvalue weighted by Crippen LogP contribution is -2.24. The second-order valence-electron chi connectivity index (χ2n) is 7.59. The highest BCUT2D eigenvalue weighted by atomic mass is 16.6. The number of Topliss-reactive ketones (excluding diaryl/α,β-unsaturated/α-hetero) is 2. The van der Waals surface area contributed by atoms with E-state index in [0.29, 0.717) is 29.8 Å². The molecule has 2 rings (SSSR count). The molecule has 5 heteroatoms. The molecule has 0 aromatic heterocycles. The summed E-state index contributed by atoms with van der Waals surface area (Å²) in [6, 6.07) is 0. The molecule has 1 saturated heterocycles. The van der Waals surface area contributed by atoms with Gasteiger partial charge in [0.2, 0.25) is 23.1 Å². The van der Waals surface area contributed by atoms with Crippen LogP contribution in [0.5, 0.6) is 0 Å². The highest BCUT2D eigenvalue weighted by molar-refractivity contribution is 6.23. The number of carbonyl (C=O) groups is 2. The fraction of sp³-hybridized carbons (Fsp3) is 0.565. The predicted molar refractivity (Wildman–Crippen MR) is 109 cm³/mol. The lowest BCUT2D eigenvalue weighted by atomic mass is 9.90. The summed E-state index contributed by atoms with van der Waals surface area (Å²) in [7, 11) is 2.75. The maximum atomic E-state index is 12.6. The molecule has 1 heterocycles. The summed E-state index contributed by atoms with van der Waals surface area (Å²) in [4.78, 5) is 25.0. The molecule has 0 amide bonds. The Morgan fingerprint density at radius 1 is 1.00 bits per heavy atom. The maximum Gasteiger partial charge on any atom is 0.228 e. The molecule has 0 bridgehead atoms. The van der Waals surface area contributed by atoms with Crippen LogP contribution in [-0.4, -0.2) is 38.0 Å². The summed E-state index contributed by atoms with van der Waals surface area (Å²) in [5.74, 6) is -0.576. The summed E-state index contributed by atoms with van der Waals surface area (Å²) < 4.78 is 15.6. The minimum Gasteiger partial charge on any atom is -0.489 e. The Morgan fingerprint density at radius 3 is 2.14 bits per heavy atom. The highest BCUT2D eigenvalue weighted by Crippen LogP contribution is 2.29. The van der Waals surface area contributed by atoms with E-state index in [1.54, 1.807) is 6.92 Å². The molecule has 0 aromatic carbocycles. The molecular weight excluding hydrogens is 356 g/mol. The number of hydrogen-bond donors (Lipinski definition) is 0. The van der Waals surface area contributed by atoms with E-state index in [9.17, 15) is 9.59 Å². The fourth-order valence-electron chi connectivity index (χ4n) is 3.37. The van der Waals surface area contributed by atoms with Gasteiger partial charge >= 0.3 is 0 Å². The third kappa shape index (κ3) is 5.44. The van der Waals surface area contributed by atoms with Crippen molar-refractivity contribution in [1.82, 2.24) is 0 Å². The standard InChI is InChI=1S/C23H32O5/c1-14(8-7-9-15(2)11-13-19-17(4)28-19)10-12-18-16(3)20(24)22(26-5)23(27-6)21(18)25/h9-10,17,19H,7-8,11-13H2,1-6H3. The lowest BCUT2D eigenvalue weighted by Gasteiger charge is -2.19. The molecule has 1 aliphatic carbocycles. The van der Waals surface area contributed by atoms with Gasteiger partial charge in [-0.2, -0.15) is 0 Å². The maximum absolute atomic E-state index is 12.6. The topological polar surface area (TPSA) is 65.1 Å². The van der Waals surface area contributed by atoms with Crippen LogP contribution in [0.3, 0.4) is 0 Å². The van der Waals surface area contributed by atoms with E-state index in [2.05, 4.69) is 26.8 Å². The lowest BCUT2D eigenvalue weighted by molar-refractivity contribution is -0.121. The number of allylic oxidation sites excluding steroid dienone is 6. The predicted octanol–water partition coefficient (Wildman–Crippen LogP) is 4.59. The second kappa shape index (κ2) is 9.87. The summed E-state index contributed by atoms with van der Waals surface area (Å²) in [6.45, 7) is 8.00. The first-order valence-corrected chi connectivity index (χ1v) is 9.88. The Balaban J connectivity index is 1.90. The van der Waals surface area contributed by atoms with Crippen molar-refractivity contribution < 1.29 is 23.8 Å². The van der Waals surface area contributed by atoms with Crippen LogP contribution in [-0.2, 0) is 23.8 Å². The van der Waals surface area contributed by atoms with Gasteiger partial charge in [0.15, 0.2) is 0 Å². The van der Waals surface area contributed by atoms with E-state index >= 15 is 0 Å². The van der Waals surface area contributed by atoms with Gasteiger partial charge in [-0.05, 0) is 59.8 Å². The van der Waals surface area contributed by atoms with Crippen LogP contribution < -0.4 is 0 Å². The molecule has 5 nitrogen and oxygen atoms in total. The quantitative estimate of drug-likeness (QED) is 0.311. The third-order valence-electron chi connectivity index (χ3n) is 5.44. The molecular formula is C23H32O5. The number of hydrogen-bond acceptors (Lipinski definition) is 5. The average molecular weight is 389 g/mol. The van der Waals surface area contributed by atoms with Crippen LogP contribution in [0, 0.1) is 0 Å². The van der Waals surface area contributed by atoms with Gasteiger partial charge in [0.25, 0.3) is 0 Å². The normalized spacial score (nSPS) is 23.5. The number of carbonyl (C=O) groups excluding carboxylic acids is 2. The van der Waals surface area contributed by atoms with Gasteiger partial charge in [-0.15, -0.1) is 0 Å². The van der Waals surface area contributed by atoms with Crippen LogP contribution in [0.25, 0.3) is 0 Å². The highest BCUT2D eigenvalue weighted by Gasteiger charge is 2.34. The van der Waals surface area contributed by atoms with Crippen LogP contribution >= 0.6 is 0 Å². The van der Waals surface area contributed by atoms with Gasteiger partial charge in [-0.25, -0.2) is 0 Å². The van der Waals surface area contributed by atoms with Crippen LogP contribution in [0.15, 0.2) is 46.0 Å². The number of ether oxygens (including phenoxy) is 3. The van der Waals surface area contributed by atoms with Crippen molar-refractivity contribution in [3.05, 3.63) is 46.0 Å². The van der Waals surface area contributed by atoms with Crippen LogP contribution in [0.2, 0.25) is 0 Å². The first-order valence-electron chi connectivity index (χ1n) is 9.88. The van der Waals surface area contributed by atoms with E-state index in [0.717, 1.165) is 25.7 Å². The van der Waals surface area contributed by atoms with E-state index in [1.807, 2.05) is 6.08 Å². The second-order valence-corrected chi connectivity index (χ2v) is 7.59. The SMILES string of the molecule is COC1=C(OC)C(=O)C(CC=C(C)CCC=C(C)CCC2OC2C)=C(C)C1=O. The molecule has 0 radical (unpaired) electrons. The molecule has 0 N–H and O–H groups in total. The summed E-state index contributed by atoms with van der Waals surface area (Å²) in [5.41, 5.74) is 3.50. The zero-order valence-corrected chi connectivity index (χ0v) is 17.9. The summed E-state index contributed by atoms with van der Waals surface area (Å²) >= 11 is 0. The molecule has 0 aromatic rings. The molecule has 0 spiro atoms. The Kier molecular flexibility index (Phi) is 7.81. The number of methoxy groups -OCH3 is 2. The first kappa shape index (κ1) is 22.2. The molecule has 28 heavy (non-hydrogen) atoms. The van der Waals surface area contributed by atoms with Crippen molar-refractivity contribution in [3.63, 3.8) is 0 Å². The fourth-order valence-corrected chi connectivity index (χ4v) is 3.37. The molecule has 2 aliphatic rings. The van der Waals surface area contributed by atoms with E-state index in [4.69, 9.17) is 14.2 Å². The summed E-state index contributed by atoms with van der Waals surface area (Å²) in [5, 5.41) is 0.